The van der Waals surface area contributed by atoms with Crippen LogP contribution in [0.25, 0.3) is 0 Å². The van der Waals surface area contributed by atoms with Gasteiger partial charge in [-0.15, -0.1) is 11.3 Å². The lowest BCUT2D eigenvalue weighted by atomic mass is 10.0. The van der Waals surface area contributed by atoms with Crippen molar-refractivity contribution in [3.05, 3.63) is 81.3 Å². The standard InChI is InChI=1S/C20H18ClN3S2/c1-2-13-6-8-14(9-7-13)24-19(16-10-11-17(21)26-16)18(23-20(24)25)15-5-3-4-12-22-15/h3-12,18-19H,2H2,1H3,(H,23,25)/t18-,19+/m0/s1. The minimum atomic E-state index is -0.0238. The van der Waals surface area contributed by atoms with E-state index in [4.69, 9.17) is 23.8 Å². The number of aromatic nitrogens is 1. The van der Waals surface area contributed by atoms with Gasteiger partial charge in [-0.05, 0) is 60.6 Å². The van der Waals surface area contributed by atoms with Gasteiger partial charge in [-0.1, -0.05) is 36.7 Å². The molecular formula is C20H18ClN3S2. The number of thiocarbonyl (C=S) groups is 1. The van der Waals surface area contributed by atoms with Crippen LogP contribution < -0.4 is 10.2 Å². The number of thiophene rings is 1. The highest BCUT2D eigenvalue weighted by Crippen LogP contribution is 2.44. The zero-order valence-corrected chi connectivity index (χ0v) is 16.6. The Morgan fingerprint density at radius 1 is 1.15 bits per heavy atom. The van der Waals surface area contributed by atoms with E-state index in [1.54, 1.807) is 11.3 Å². The summed E-state index contributed by atoms with van der Waals surface area (Å²) in [4.78, 5) is 7.90. The van der Waals surface area contributed by atoms with Crippen molar-refractivity contribution in [2.75, 3.05) is 4.90 Å². The Kier molecular flexibility index (Phi) is 4.94. The van der Waals surface area contributed by atoms with Crippen molar-refractivity contribution in [3.8, 4) is 0 Å². The van der Waals surface area contributed by atoms with Crippen molar-refractivity contribution in [2.24, 2.45) is 0 Å². The lowest BCUT2D eigenvalue weighted by Crippen LogP contribution is -2.29. The number of nitrogens with one attached hydrogen (secondary N) is 1. The molecule has 3 aromatic rings. The molecule has 0 bridgehead atoms. The van der Waals surface area contributed by atoms with Crippen LogP contribution in [-0.2, 0) is 6.42 Å². The predicted molar refractivity (Wildman–Crippen MR) is 113 cm³/mol. The second-order valence-corrected chi connectivity index (χ2v) is 8.29. The maximum atomic E-state index is 6.23. The van der Waals surface area contributed by atoms with E-state index >= 15 is 0 Å². The number of anilines is 1. The summed E-state index contributed by atoms with van der Waals surface area (Å²) in [6.07, 6.45) is 2.83. The largest absolute Gasteiger partial charge is 0.351 e. The summed E-state index contributed by atoms with van der Waals surface area (Å²) in [5.41, 5.74) is 3.36. The van der Waals surface area contributed by atoms with Crippen molar-refractivity contribution in [3.63, 3.8) is 0 Å². The molecule has 0 saturated carbocycles. The van der Waals surface area contributed by atoms with Crippen LogP contribution in [0.15, 0.2) is 60.8 Å². The molecule has 1 saturated heterocycles. The highest BCUT2D eigenvalue weighted by molar-refractivity contribution is 7.80. The molecule has 0 unspecified atom stereocenters. The van der Waals surface area contributed by atoms with E-state index in [2.05, 4.69) is 52.5 Å². The molecular weight excluding hydrogens is 382 g/mol. The molecule has 1 aliphatic rings. The number of halogens is 1. The summed E-state index contributed by atoms with van der Waals surface area (Å²) in [6, 6.07) is 18.6. The van der Waals surface area contributed by atoms with Gasteiger partial charge in [-0.3, -0.25) is 4.98 Å². The Morgan fingerprint density at radius 3 is 2.58 bits per heavy atom. The number of hydrogen-bond donors (Lipinski definition) is 1. The number of nitrogens with zero attached hydrogens (tertiary/aromatic N) is 2. The first-order chi connectivity index (χ1) is 12.7. The van der Waals surface area contributed by atoms with Gasteiger partial charge in [0.25, 0.3) is 0 Å². The molecule has 0 radical (unpaired) electrons. The molecule has 26 heavy (non-hydrogen) atoms. The first-order valence-electron chi connectivity index (χ1n) is 8.52. The Hall–Kier alpha value is -1.95. The fraction of sp³-hybridized carbons (Fsp3) is 0.200. The van der Waals surface area contributed by atoms with Crippen molar-refractivity contribution < 1.29 is 0 Å². The van der Waals surface area contributed by atoms with E-state index in [1.165, 1.54) is 5.56 Å². The summed E-state index contributed by atoms with van der Waals surface area (Å²) in [6.45, 7) is 2.16. The van der Waals surface area contributed by atoms with Crippen LogP contribution in [0.1, 0.15) is 35.1 Å². The van der Waals surface area contributed by atoms with Crippen molar-refractivity contribution in [1.82, 2.24) is 10.3 Å². The molecule has 2 atom stereocenters. The number of rotatable bonds is 4. The fourth-order valence-corrected chi connectivity index (χ4v) is 4.84. The van der Waals surface area contributed by atoms with Crippen molar-refractivity contribution >= 4 is 46.0 Å². The van der Waals surface area contributed by atoms with E-state index in [9.17, 15) is 0 Å². The normalized spacial score (nSPS) is 19.6. The van der Waals surface area contributed by atoms with E-state index in [-0.39, 0.29) is 12.1 Å². The monoisotopic (exact) mass is 399 g/mol. The van der Waals surface area contributed by atoms with Gasteiger partial charge in [0.2, 0.25) is 0 Å². The topological polar surface area (TPSA) is 28.2 Å². The maximum Gasteiger partial charge on any atom is 0.174 e. The average Bonchev–Trinajstić information content (AvgIpc) is 3.25. The molecule has 4 rings (SSSR count). The Labute approximate surface area is 167 Å². The molecule has 1 aromatic carbocycles. The van der Waals surface area contributed by atoms with Crippen LogP contribution >= 0.6 is 35.2 Å². The first-order valence-corrected chi connectivity index (χ1v) is 10.1. The molecule has 0 spiro atoms. The molecule has 0 aliphatic carbocycles. The summed E-state index contributed by atoms with van der Waals surface area (Å²) in [5, 5.41) is 4.17. The first kappa shape index (κ1) is 17.5. The number of pyridine rings is 1. The van der Waals surface area contributed by atoms with E-state index in [0.29, 0.717) is 5.11 Å². The number of aryl methyl sites for hydroxylation is 1. The van der Waals surface area contributed by atoms with E-state index in [0.717, 1.165) is 27.0 Å². The third kappa shape index (κ3) is 3.22. The smallest absolute Gasteiger partial charge is 0.174 e. The summed E-state index contributed by atoms with van der Waals surface area (Å²) >= 11 is 13.5. The molecule has 1 aliphatic heterocycles. The Balaban J connectivity index is 1.79. The van der Waals surface area contributed by atoms with Crippen molar-refractivity contribution in [2.45, 2.75) is 25.4 Å². The summed E-state index contributed by atoms with van der Waals surface area (Å²) < 4.78 is 0.777. The van der Waals surface area contributed by atoms with Crippen LogP contribution in [0.2, 0.25) is 4.34 Å². The summed E-state index contributed by atoms with van der Waals surface area (Å²) in [5.74, 6) is 0. The highest BCUT2D eigenvalue weighted by atomic mass is 35.5. The van der Waals surface area contributed by atoms with Gasteiger partial charge in [0.15, 0.2) is 5.11 Å². The van der Waals surface area contributed by atoms with Crippen LogP contribution in [-0.4, -0.2) is 10.1 Å². The second kappa shape index (κ2) is 7.35. The highest BCUT2D eigenvalue weighted by Gasteiger charge is 2.41. The third-order valence-corrected chi connectivity index (χ3v) is 6.22. The zero-order chi connectivity index (χ0) is 18.1. The number of benzene rings is 1. The predicted octanol–water partition coefficient (Wildman–Crippen LogP) is 5.54. The lowest BCUT2D eigenvalue weighted by Gasteiger charge is -2.27. The molecule has 0 amide bonds. The lowest BCUT2D eigenvalue weighted by molar-refractivity contribution is 0.575. The van der Waals surface area contributed by atoms with Gasteiger partial charge in [0.05, 0.1) is 22.1 Å². The van der Waals surface area contributed by atoms with Gasteiger partial charge < -0.3 is 10.2 Å². The quantitative estimate of drug-likeness (QED) is 0.583. The Morgan fingerprint density at radius 2 is 1.96 bits per heavy atom. The van der Waals surface area contributed by atoms with Crippen LogP contribution in [0.4, 0.5) is 5.69 Å². The second-order valence-electron chi connectivity index (χ2n) is 6.16. The minimum Gasteiger partial charge on any atom is -0.351 e. The molecule has 1 N–H and O–H groups in total. The average molecular weight is 400 g/mol. The molecule has 2 aromatic heterocycles. The molecule has 3 heterocycles. The zero-order valence-electron chi connectivity index (χ0n) is 14.2. The third-order valence-electron chi connectivity index (χ3n) is 4.61. The van der Waals surface area contributed by atoms with Gasteiger partial charge >= 0.3 is 0 Å². The van der Waals surface area contributed by atoms with Crippen LogP contribution in [0.3, 0.4) is 0 Å². The SMILES string of the molecule is CCc1ccc(N2C(=S)N[C@@H](c3ccccn3)[C@H]2c2ccc(Cl)s2)cc1. The van der Waals surface area contributed by atoms with Crippen LogP contribution in [0, 0.1) is 0 Å². The minimum absolute atomic E-state index is 0.0161. The summed E-state index contributed by atoms with van der Waals surface area (Å²) in [7, 11) is 0. The maximum absolute atomic E-state index is 6.23. The number of hydrogen-bond acceptors (Lipinski definition) is 3. The van der Waals surface area contributed by atoms with Gasteiger partial charge in [-0.25, -0.2) is 0 Å². The van der Waals surface area contributed by atoms with Crippen molar-refractivity contribution in [1.29, 1.82) is 0 Å². The molecule has 6 heteroatoms. The van der Waals surface area contributed by atoms with E-state index < -0.39 is 0 Å². The fourth-order valence-electron chi connectivity index (χ4n) is 3.30. The molecule has 1 fully saturated rings. The molecule has 132 valence electrons. The Bertz CT molecular complexity index is 908. The van der Waals surface area contributed by atoms with Crippen LogP contribution in [0.5, 0.6) is 0 Å². The molecule has 3 nitrogen and oxygen atoms in total. The van der Waals surface area contributed by atoms with Gasteiger partial charge in [0, 0.05) is 16.8 Å². The van der Waals surface area contributed by atoms with Gasteiger partial charge in [-0.2, -0.15) is 0 Å². The van der Waals surface area contributed by atoms with E-state index in [1.807, 2.05) is 30.5 Å². The van der Waals surface area contributed by atoms with Gasteiger partial charge in [0.1, 0.15) is 0 Å².